The van der Waals surface area contributed by atoms with Gasteiger partial charge in [0.2, 0.25) is 0 Å². The van der Waals surface area contributed by atoms with Gasteiger partial charge < -0.3 is 4.74 Å². The molecule has 0 saturated carbocycles. The smallest absolute Gasteiger partial charge is 0.194 e. The van der Waals surface area contributed by atoms with Crippen LogP contribution in [0.3, 0.4) is 0 Å². The highest BCUT2D eigenvalue weighted by atomic mass is 19.2. The molecule has 1 nitrogen and oxygen atoms in total. The van der Waals surface area contributed by atoms with Crippen molar-refractivity contribution in [1.82, 2.24) is 0 Å². The fourth-order valence-corrected chi connectivity index (χ4v) is 2.96. The molecule has 0 bridgehead atoms. The highest BCUT2D eigenvalue weighted by molar-refractivity contribution is 5.65. The second-order valence-corrected chi connectivity index (χ2v) is 6.05. The standard InChI is InChI=1S/C20H19F3O/c1-2-3-13-4-6-14(7-5-13)19-9-8-15(12-24-19)16-10-17(21)20(23)18(22)11-16/h4-7,10-12,19H,2-3,8-9H2,1H3. The molecule has 1 aliphatic heterocycles. The molecule has 0 saturated heterocycles. The number of rotatable bonds is 4. The van der Waals surface area contributed by atoms with E-state index >= 15 is 0 Å². The van der Waals surface area contributed by atoms with Crippen LogP contribution in [0.4, 0.5) is 13.2 Å². The zero-order valence-electron chi connectivity index (χ0n) is 13.5. The van der Waals surface area contributed by atoms with Crippen LogP contribution in [0.15, 0.2) is 42.7 Å². The van der Waals surface area contributed by atoms with Gasteiger partial charge in [0.15, 0.2) is 17.5 Å². The van der Waals surface area contributed by atoms with E-state index in [9.17, 15) is 13.2 Å². The summed E-state index contributed by atoms with van der Waals surface area (Å²) in [6.07, 6.45) is 4.94. The second kappa shape index (κ2) is 7.12. The number of hydrogen-bond donors (Lipinski definition) is 0. The molecule has 1 atom stereocenters. The molecule has 1 aliphatic rings. The zero-order chi connectivity index (χ0) is 17.1. The molecule has 0 aliphatic carbocycles. The summed E-state index contributed by atoms with van der Waals surface area (Å²) in [4.78, 5) is 0. The predicted molar refractivity (Wildman–Crippen MR) is 87.8 cm³/mol. The van der Waals surface area contributed by atoms with Crippen LogP contribution in [-0.2, 0) is 11.2 Å². The lowest BCUT2D eigenvalue weighted by atomic mass is 9.94. The Hall–Kier alpha value is -2.23. The van der Waals surface area contributed by atoms with Crippen molar-refractivity contribution < 1.29 is 17.9 Å². The van der Waals surface area contributed by atoms with Gasteiger partial charge in [-0.3, -0.25) is 0 Å². The summed E-state index contributed by atoms with van der Waals surface area (Å²) in [5, 5.41) is 0. The van der Waals surface area contributed by atoms with E-state index < -0.39 is 17.5 Å². The van der Waals surface area contributed by atoms with Crippen molar-refractivity contribution in [3.63, 3.8) is 0 Å². The highest BCUT2D eigenvalue weighted by Crippen LogP contribution is 2.34. The lowest BCUT2D eigenvalue weighted by molar-refractivity contribution is 0.129. The van der Waals surface area contributed by atoms with Crippen LogP contribution in [0.25, 0.3) is 5.57 Å². The van der Waals surface area contributed by atoms with Gasteiger partial charge in [0.1, 0.15) is 6.10 Å². The van der Waals surface area contributed by atoms with Crippen molar-refractivity contribution in [3.05, 3.63) is 76.8 Å². The molecule has 0 aromatic heterocycles. The molecule has 126 valence electrons. The maximum absolute atomic E-state index is 13.4. The van der Waals surface area contributed by atoms with E-state index in [2.05, 4.69) is 31.2 Å². The number of aryl methyl sites for hydroxylation is 1. The third-order valence-electron chi connectivity index (χ3n) is 4.30. The minimum absolute atomic E-state index is 0.0698. The van der Waals surface area contributed by atoms with Crippen molar-refractivity contribution >= 4 is 5.57 Å². The molecule has 0 spiro atoms. The molecule has 4 heteroatoms. The predicted octanol–water partition coefficient (Wildman–Crippen LogP) is 5.95. The van der Waals surface area contributed by atoms with Crippen LogP contribution in [-0.4, -0.2) is 0 Å². The van der Waals surface area contributed by atoms with Gasteiger partial charge in [-0.1, -0.05) is 37.6 Å². The zero-order valence-corrected chi connectivity index (χ0v) is 13.5. The number of benzene rings is 2. The molecule has 0 N–H and O–H groups in total. The van der Waals surface area contributed by atoms with E-state index in [1.165, 1.54) is 11.8 Å². The lowest BCUT2D eigenvalue weighted by Crippen LogP contribution is -2.07. The van der Waals surface area contributed by atoms with Crippen LogP contribution in [0.1, 0.15) is 49.0 Å². The third kappa shape index (κ3) is 3.48. The average molecular weight is 332 g/mol. The SMILES string of the molecule is CCCc1ccc(C2CCC(c3cc(F)c(F)c(F)c3)=CO2)cc1. The summed E-state index contributed by atoms with van der Waals surface area (Å²) in [5.74, 6) is -3.81. The highest BCUT2D eigenvalue weighted by Gasteiger charge is 2.20. The lowest BCUT2D eigenvalue weighted by Gasteiger charge is -2.24. The van der Waals surface area contributed by atoms with Gasteiger partial charge in [-0.05, 0) is 53.7 Å². The van der Waals surface area contributed by atoms with Crippen LogP contribution in [0.2, 0.25) is 0 Å². The van der Waals surface area contributed by atoms with Crippen LogP contribution in [0, 0.1) is 17.5 Å². The second-order valence-electron chi connectivity index (χ2n) is 6.05. The van der Waals surface area contributed by atoms with E-state index in [-0.39, 0.29) is 6.10 Å². The normalized spacial score (nSPS) is 17.3. The summed E-state index contributed by atoms with van der Waals surface area (Å²) in [5.41, 5.74) is 3.38. The number of halogens is 3. The van der Waals surface area contributed by atoms with Crippen molar-refractivity contribution in [1.29, 1.82) is 0 Å². The molecular weight excluding hydrogens is 313 g/mol. The molecule has 3 rings (SSSR count). The summed E-state index contributed by atoms with van der Waals surface area (Å²) < 4.78 is 45.5. The molecule has 1 heterocycles. The monoisotopic (exact) mass is 332 g/mol. The van der Waals surface area contributed by atoms with Gasteiger partial charge >= 0.3 is 0 Å². The first-order chi connectivity index (χ1) is 11.6. The Labute approximate surface area is 139 Å². The molecule has 2 aromatic rings. The first-order valence-electron chi connectivity index (χ1n) is 8.16. The summed E-state index contributed by atoms with van der Waals surface area (Å²) in [6, 6.07) is 10.3. The van der Waals surface area contributed by atoms with Gasteiger partial charge in [0.25, 0.3) is 0 Å². The molecular formula is C20H19F3O. The van der Waals surface area contributed by atoms with E-state index in [1.807, 2.05) is 0 Å². The quantitative estimate of drug-likeness (QED) is 0.629. The minimum Gasteiger partial charge on any atom is -0.493 e. The van der Waals surface area contributed by atoms with E-state index in [1.54, 1.807) is 0 Å². The fourth-order valence-electron chi connectivity index (χ4n) is 2.96. The van der Waals surface area contributed by atoms with Gasteiger partial charge in [0, 0.05) is 0 Å². The average Bonchev–Trinajstić information content (AvgIpc) is 2.60. The maximum atomic E-state index is 13.4. The molecule has 0 amide bonds. The third-order valence-corrected chi connectivity index (χ3v) is 4.30. The van der Waals surface area contributed by atoms with E-state index in [0.29, 0.717) is 24.0 Å². The Balaban J connectivity index is 1.74. The van der Waals surface area contributed by atoms with Gasteiger partial charge in [-0.15, -0.1) is 0 Å². The van der Waals surface area contributed by atoms with Crippen LogP contribution in [0.5, 0.6) is 0 Å². The Morgan fingerprint density at radius 3 is 2.25 bits per heavy atom. The summed E-state index contributed by atoms with van der Waals surface area (Å²) in [6.45, 7) is 2.14. The van der Waals surface area contributed by atoms with Crippen molar-refractivity contribution in [2.45, 2.75) is 38.7 Å². The topological polar surface area (TPSA) is 9.23 Å². The molecule has 0 fully saturated rings. The molecule has 1 unspecified atom stereocenters. The summed E-state index contributed by atoms with van der Waals surface area (Å²) >= 11 is 0. The maximum Gasteiger partial charge on any atom is 0.194 e. The Morgan fingerprint density at radius 1 is 1.04 bits per heavy atom. The number of hydrogen-bond acceptors (Lipinski definition) is 1. The van der Waals surface area contributed by atoms with Crippen LogP contribution >= 0.6 is 0 Å². The molecule has 0 radical (unpaired) electrons. The van der Waals surface area contributed by atoms with Crippen LogP contribution < -0.4 is 0 Å². The number of ether oxygens (including phenoxy) is 1. The van der Waals surface area contributed by atoms with Gasteiger partial charge in [-0.25, -0.2) is 13.2 Å². The van der Waals surface area contributed by atoms with Gasteiger partial charge in [-0.2, -0.15) is 0 Å². The minimum atomic E-state index is -1.44. The van der Waals surface area contributed by atoms with E-state index in [4.69, 9.17) is 4.74 Å². The first kappa shape index (κ1) is 16.6. The van der Waals surface area contributed by atoms with Gasteiger partial charge in [0.05, 0.1) is 6.26 Å². The van der Waals surface area contributed by atoms with Crippen molar-refractivity contribution in [2.24, 2.45) is 0 Å². The Kier molecular flexibility index (Phi) is 4.93. The Bertz CT molecular complexity index is 727. The first-order valence-corrected chi connectivity index (χ1v) is 8.16. The Morgan fingerprint density at radius 2 is 1.71 bits per heavy atom. The summed E-state index contributed by atoms with van der Waals surface area (Å²) in [7, 11) is 0. The molecule has 2 aromatic carbocycles. The number of allylic oxidation sites excluding steroid dienone is 1. The largest absolute Gasteiger partial charge is 0.493 e. The van der Waals surface area contributed by atoms with E-state index in [0.717, 1.165) is 30.5 Å². The fraction of sp³-hybridized carbons (Fsp3) is 0.300. The molecule has 24 heavy (non-hydrogen) atoms. The van der Waals surface area contributed by atoms with Crippen molar-refractivity contribution in [2.75, 3.05) is 0 Å². The van der Waals surface area contributed by atoms with Crippen molar-refractivity contribution in [3.8, 4) is 0 Å².